The Morgan fingerprint density at radius 1 is 0.610 bits per heavy atom. The van der Waals surface area contributed by atoms with Crippen LogP contribution in [0.1, 0.15) is 118 Å². The smallest absolute Gasteiger partial charge is 0.327 e. The van der Waals surface area contributed by atoms with Crippen molar-refractivity contribution < 1.29 is 33.8 Å². The number of benzene rings is 3. The molecule has 0 radical (unpaired) electrons. The molecule has 3 aromatic rings. The van der Waals surface area contributed by atoms with Gasteiger partial charge in [-0.3, -0.25) is 24.6 Å². The van der Waals surface area contributed by atoms with Gasteiger partial charge in [0.05, 0.1) is 13.2 Å². The van der Waals surface area contributed by atoms with E-state index in [1.165, 1.54) is 70.9 Å². The lowest BCUT2D eigenvalue weighted by Gasteiger charge is -2.33. The van der Waals surface area contributed by atoms with Crippen molar-refractivity contribution in [2.75, 3.05) is 65.7 Å². The highest BCUT2D eigenvalue weighted by Gasteiger charge is 2.30. The van der Waals surface area contributed by atoms with Gasteiger partial charge >= 0.3 is 11.9 Å². The number of likely N-dealkylation sites (tertiary alicyclic amines) is 2. The van der Waals surface area contributed by atoms with E-state index in [1.807, 2.05) is 97.9 Å². The maximum Gasteiger partial charge on any atom is 0.327 e. The van der Waals surface area contributed by atoms with Gasteiger partial charge in [-0.25, -0.2) is 10.3 Å². The Bertz CT molecular complexity index is 1500. The second-order valence-corrected chi connectivity index (χ2v) is 15.6. The summed E-state index contributed by atoms with van der Waals surface area (Å²) in [4.78, 5) is 39.3. The van der Waals surface area contributed by atoms with Crippen LogP contribution in [0.3, 0.4) is 0 Å². The first-order valence-electron chi connectivity index (χ1n) is 21.7. The van der Waals surface area contributed by atoms with Crippen molar-refractivity contribution in [3.05, 3.63) is 108 Å². The Hall–Kier alpha value is -3.65. The Labute approximate surface area is 361 Å². The van der Waals surface area contributed by atoms with Gasteiger partial charge in [-0.2, -0.15) is 0 Å². The first-order chi connectivity index (χ1) is 28.9. The number of alkyl halides is 1. The first-order valence-corrected chi connectivity index (χ1v) is 22.6. The number of hydroxylamine groups is 1. The second kappa shape index (κ2) is 31.3. The standard InChI is InChI=1S/C15H21NO2.C13H18N2O2.C10H11BrO2.C5H11N.C4H8O/c1-2-18-15(17)14(13-9-5-3-6-10-13)16-11-7-4-8-12-16;16-13(14-17)12(11-7-3-1-4-8-11)15-9-5-2-6-10-15;1-2-13-10(12)9(11)8-6-4-3-5-7-8;1-2-4-6-5-3-1;1-2-4-5-3-1/h3,5-6,9-10,14H,2,4,7-8,11-12H2,1H3;1,3-4,7-8,12,17H,2,5-6,9-10H2,(H,14,16);3-7,9H,2H2,1H3;6H,1-5H2;1-4H2. The number of hydrogen-bond donors (Lipinski definition) is 3. The molecular formula is C47H69BrN4O7. The summed E-state index contributed by atoms with van der Waals surface area (Å²) in [6, 6.07) is 28.4. The van der Waals surface area contributed by atoms with Crippen LogP contribution in [0.25, 0.3) is 0 Å². The number of amides is 1. The maximum atomic E-state index is 12.2. The summed E-state index contributed by atoms with van der Waals surface area (Å²) in [5.74, 6) is -0.711. The Kier molecular flexibility index (Phi) is 26.3. The number of nitrogens with one attached hydrogen (secondary N) is 2. The average Bonchev–Trinajstić information content (AvgIpc) is 3.91. The van der Waals surface area contributed by atoms with Crippen LogP contribution in [-0.4, -0.2) is 98.5 Å². The molecule has 4 aliphatic rings. The fraction of sp³-hybridized carbons (Fsp3) is 0.553. The van der Waals surface area contributed by atoms with Crippen molar-refractivity contribution in [3.63, 3.8) is 0 Å². The van der Waals surface area contributed by atoms with Crippen molar-refractivity contribution in [2.45, 2.75) is 101 Å². The molecule has 0 aliphatic carbocycles. The summed E-state index contributed by atoms with van der Waals surface area (Å²) in [6.07, 6.45) is 13.8. The van der Waals surface area contributed by atoms with Crippen molar-refractivity contribution in [2.24, 2.45) is 0 Å². The predicted octanol–water partition coefficient (Wildman–Crippen LogP) is 8.74. The lowest BCUT2D eigenvalue weighted by molar-refractivity contribution is -0.150. The van der Waals surface area contributed by atoms with Crippen molar-refractivity contribution >= 4 is 33.8 Å². The van der Waals surface area contributed by atoms with Crippen LogP contribution in [-0.2, 0) is 28.6 Å². The Balaban J connectivity index is 0.000000211. The van der Waals surface area contributed by atoms with Gasteiger partial charge in [0.1, 0.15) is 16.9 Å². The van der Waals surface area contributed by atoms with Crippen LogP contribution in [0.2, 0.25) is 0 Å². The van der Waals surface area contributed by atoms with Gasteiger partial charge in [0, 0.05) is 13.2 Å². The molecule has 326 valence electrons. The molecule has 4 saturated heterocycles. The number of esters is 2. The van der Waals surface area contributed by atoms with Gasteiger partial charge in [0.25, 0.3) is 5.91 Å². The molecule has 3 N–H and O–H groups in total. The number of halogens is 1. The first kappa shape index (κ1) is 49.7. The molecule has 3 atom stereocenters. The fourth-order valence-corrected chi connectivity index (χ4v) is 7.65. The number of carbonyl (C=O) groups excluding carboxylic acids is 3. The quantitative estimate of drug-likeness (QED) is 0.0787. The van der Waals surface area contributed by atoms with Gasteiger partial charge in [-0.05, 0) is 121 Å². The summed E-state index contributed by atoms with van der Waals surface area (Å²) in [5.41, 5.74) is 4.67. The third-order valence-electron chi connectivity index (χ3n) is 10.2. The lowest BCUT2D eigenvalue weighted by Crippen LogP contribution is -2.42. The molecule has 7 rings (SSSR count). The SMILES string of the molecule is C1CCNCC1.C1CCOC1.CCOC(=O)C(Br)c1ccccc1.CCOC(=O)C(c1ccccc1)N1CCCCC1.O=C(NO)C(c1ccccc1)N1CCCCC1. The minimum absolute atomic E-state index is 0.120. The number of carbonyl (C=O) groups is 3. The fourth-order valence-electron chi connectivity index (χ4n) is 7.22. The molecule has 0 aromatic heterocycles. The van der Waals surface area contributed by atoms with Crippen LogP contribution < -0.4 is 10.8 Å². The van der Waals surface area contributed by atoms with Gasteiger partial charge < -0.3 is 19.5 Å². The van der Waals surface area contributed by atoms with E-state index in [9.17, 15) is 14.4 Å². The third kappa shape index (κ3) is 19.5. The Morgan fingerprint density at radius 2 is 1.02 bits per heavy atom. The van der Waals surface area contributed by atoms with Gasteiger partial charge in [0.15, 0.2) is 0 Å². The van der Waals surface area contributed by atoms with Gasteiger partial charge in [0.2, 0.25) is 0 Å². The minimum Gasteiger partial charge on any atom is -0.465 e. The molecule has 3 unspecified atom stereocenters. The molecule has 0 saturated carbocycles. The molecule has 4 fully saturated rings. The molecule has 59 heavy (non-hydrogen) atoms. The number of nitrogens with zero attached hydrogens (tertiary/aromatic N) is 2. The topological polar surface area (TPSA) is 130 Å². The van der Waals surface area contributed by atoms with Crippen LogP contribution >= 0.6 is 15.9 Å². The summed E-state index contributed by atoms with van der Waals surface area (Å²) in [6.45, 7) is 12.8. The zero-order valence-electron chi connectivity index (χ0n) is 35.4. The molecule has 0 bridgehead atoms. The van der Waals surface area contributed by atoms with E-state index in [-0.39, 0.29) is 34.8 Å². The van der Waals surface area contributed by atoms with Crippen LogP contribution in [0.4, 0.5) is 0 Å². The Morgan fingerprint density at radius 3 is 1.39 bits per heavy atom. The molecule has 0 spiro atoms. The van der Waals surface area contributed by atoms with Crippen LogP contribution in [0.5, 0.6) is 0 Å². The van der Waals surface area contributed by atoms with E-state index >= 15 is 0 Å². The molecule has 4 aliphatic heterocycles. The van der Waals surface area contributed by atoms with Crippen molar-refractivity contribution in [3.8, 4) is 0 Å². The normalized spacial score (nSPS) is 18.1. The van der Waals surface area contributed by atoms with E-state index < -0.39 is 0 Å². The van der Waals surface area contributed by atoms with Crippen molar-refractivity contribution in [1.29, 1.82) is 0 Å². The molecular weight excluding hydrogens is 812 g/mol. The number of rotatable bonds is 10. The third-order valence-corrected chi connectivity index (χ3v) is 11.1. The maximum absolute atomic E-state index is 12.2. The van der Waals surface area contributed by atoms with Crippen LogP contribution in [0, 0.1) is 0 Å². The van der Waals surface area contributed by atoms with E-state index in [0.29, 0.717) is 13.2 Å². The molecule has 12 heteroatoms. The monoisotopic (exact) mass is 880 g/mol. The van der Waals surface area contributed by atoms with E-state index in [0.717, 1.165) is 68.9 Å². The highest BCUT2D eigenvalue weighted by molar-refractivity contribution is 9.09. The molecule has 4 heterocycles. The number of hydrogen-bond acceptors (Lipinski definition) is 10. The van der Waals surface area contributed by atoms with E-state index in [1.54, 1.807) is 12.4 Å². The highest BCUT2D eigenvalue weighted by atomic mass is 79.9. The largest absolute Gasteiger partial charge is 0.465 e. The predicted molar refractivity (Wildman–Crippen MR) is 237 cm³/mol. The summed E-state index contributed by atoms with van der Waals surface area (Å²) >= 11 is 3.28. The summed E-state index contributed by atoms with van der Waals surface area (Å²) in [7, 11) is 0. The molecule has 3 aromatic carbocycles. The van der Waals surface area contributed by atoms with Gasteiger partial charge in [-0.1, -0.05) is 126 Å². The summed E-state index contributed by atoms with van der Waals surface area (Å²) in [5, 5.41) is 12.2. The number of piperidine rings is 3. The average molecular weight is 882 g/mol. The second-order valence-electron chi connectivity index (χ2n) is 14.7. The zero-order chi connectivity index (χ0) is 42.3. The minimum atomic E-state index is -0.374. The molecule has 1 amide bonds. The lowest BCUT2D eigenvalue weighted by atomic mass is 10.0. The van der Waals surface area contributed by atoms with E-state index in [4.69, 9.17) is 19.4 Å². The molecule has 11 nitrogen and oxygen atoms in total. The highest BCUT2D eigenvalue weighted by Crippen LogP contribution is 2.27. The van der Waals surface area contributed by atoms with Crippen LogP contribution in [0.15, 0.2) is 91.0 Å². The van der Waals surface area contributed by atoms with Gasteiger partial charge in [-0.15, -0.1) is 0 Å². The van der Waals surface area contributed by atoms with E-state index in [2.05, 4.69) is 31.0 Å². The van der Waals surface area contributed by atoms with Crippen molar-refractivity contribution in [1.82, 2.24) is 20.6 Å². The zero-order valence-corrected chi connectivity index (χ0v) is 37.0. The summed E-state index contributed by atoms with van der Waals surface area (Å²) < 4.78 is 15.0. The number of ether oxygens (including phenoxy) is 3.